The molecule has 1 saturated heterocycles. The van der Waals surface area contributed by atoms with Gasteiger partial charge in [-0.2, -0.15) is 0 Å². The number of likely N-dealkylation sites (tertiary alicyclic amines) is 1. The van der Waals surface area contributed by atoms with E-state index in [4.69, 9.17) is 18.9 Å². The van der Waals surface area contributed by atoms with Crippen molar-refractivity contribution in [2.24, 2.45) is 23.7 Å². The molecule has 3 rings (SSSR count). The Kier molecular flexibility index (Phi) is 21.9. The quantitative estimate of drug-likeness (QED) is 0.115. The fourth-order valence-corrected chi connectivity index (χ4v) is 8.93. The lowest BCUT2D eigenvalue weighted by molar-refractivity contribution is -0.148. The smallest absolute Gasteiger partial charge is 0.410 e. The normalized spacial score (nSPS) is 17.9. The van der Waals surface area contributed by atoms with Crippen LogP contribution in [0.4, 0.5) is 4.79 Å². The van der Waals surface area contributed by atoms with Crippen LogP contribution in [0.25, 0.3) is 0 Å². The van der Waals surface area contributed by atoms with Gasteiger partial charge in [0.25, 0.3) is 0 Å². The van der Waals surface area contributed by atoms with E-state index in [-0.39, 0.29) is 54.0 Å². The standard InChI is InChI=1S/C51H81N5O9/c1-15-35(6)45(54(11)49(60)43(33(2)3)53-48(59)44(34(4)5)55(12)50(61)65-51(8,9)10)41(62-13)30-42(57)56-28-22-27-40(56)46(63-14)36(7)47(58)52-39(29-37-23-18-16-19-24-37)32-64-31-38-25-20-17-21-26-38/h16-21,23-26,33-36,39-41,43-46H,15,22,27-32H2,1-14H3,(H,52,58)(H,53,59)/t35?,36?,39?,40-,41?,43?,44?,45?,46?/m0/s1. The Morgan fingerprint density at radius 2 is 1.40 bits per heavy atom. The second-order valence-corrected chi connectivity index (χ2v) is 19.5. The van der Waals surface area contributed by atoms with Gasteiger partial charge in [-0.3, -0.25) is 24.1 Å². The van der Waals surface area contributed by atoms with Crippen molar-refractivity contribution in [3.8, 4) is 0 Å². The molecule has 8 unspecified atom stereocenters. The number of benzene rings is 2. The highest BCUT2D eigenvalue weighted by molar-refractivity contribution is 5.92. The SMILES string of the molecule is CCC(C)C(C(CC(=O)N1CCC[C@H]1C(OC)C(C)C(=O)NC(COCc1ccccc1)Cc1ccccc1)OC)N(C)C(=O)C(NC(=O)C(C(C)C)N(C)C(=O)OC(C)(C)C)C(C)C. The van der Waals surface area contributed by atoms with Crippen LogP contribution in [-0.2, 0) is 51.2 Å². The van der Waals surface area contributed by atoms with Crippen LogP contribution in [0.5, 0.6) is 0 Å². The second-order valence-electron chi connectivity index (χ2n) is 19.5. The van der Waals surface area contributed by atoms with Gasteiger partial charge in [-0.15, -0.1) is 0 Å². The number of nitrogens with one attached hydrogen (secondary N) is 2. The van der Waals surface area contributed by atoms with E-state index in [9.17, 15) is 24.0 Å². The molecule has 2 N–H and O–H groups in total. The van der Waals surface area contributed by atoms with Crippen LogP contribution in [0.15, 0.2) is 60.7 Å². The van der Waals surface area contributed by atoms with Crippen molar-refractivity contribution in [2.75, 3.05) is 41.5 Å². The van der Waals surface area contributed by atoms with Crippen molar-refractivity contribution < 1.29 is 42.9 Å². The summed E-state index contributed by atoms with van der Waals surface area (Å²) < 4.78 is 23.8. The lowest BCUT2D eigenvalue weighted by atomic mass is 9.89. The first-order chi connectivity index (χ1) is 30.6. The average molecular weight is 908 g/mol. The van der Waals surface area contributed by atoms with Crippen LogP contribution in [0.1, 0.15) is 106 Å². The number of amides is 5. The Hall–Kier alpha value is -4.53. The van der Waals surface area contributed by atoms with Gasteiger partial charge in [0, 0.05) is 34.9 Å². The molecule has 0 radical (unpaired) electrons. The first-order valence-electron chi connectivity index (χ1n) is 23.5. The summed E-state index contributed by atoms with van der Waals surface area (Å²) in [4.78, 5) is 74.8. The van der Waals surface area contributed by atoms with E-state index in [2.05, 4.69) is 10.6 Å². The minimum Gasteiger partial charge on any atom is -0.444 e. The predicted molar refractivity (Wildman–Crippen MR) is 254 cm³/mol. The van der Waals surface area contributed by atoms with E-state index < -0.39 is 53.9 Å². The minimum atomic E-state index is -0.929. The molecule has 0 aliphatic carbocycles. The number of carbonyl (C=O) groups excluding carboxylic acids is 5. The Labute approximate surface area is 389 Å². The molecule has 5 amide bonds. The van der Waals surface area contributed by atoms with Gasteiger partial charge in [0.2, 0.25) is 23.6 Å². The Balaban J connectivity index is 1.78. The van der Waals surface area contributed by atoms with E-state index in [0.29, 0.717) is 39.0 Å². The molecule has 1 fully saturated rings. The number of hydrogen-bond donors (Lipinski definition) is 2. The topological polar surface area (TPSA) is 156 Å². The zero-order valence-electron chi connectivity index (χ0n) is 41.8. The molecule has 0 aromatic heterocycles. The molecule has 1 heterocycles. The number of methoxy groups -OCH3 is 2. The van der Waals surface area contributed by atoms with E-state index in [1.807, 2.05) is 114 Å². The molecule has 0 saturated carbocycles. The third kappa shape index (κ3) is 16.1. The maximum atomic E-state index is 14.5. The largest absolute Gasteiger partial charge is 0.444 e. The van der Waals surface area contributed by atoms with Crippen molar-refractivity contribution in [3.63, 3.8) is 0 Å². The Morgan fingerprint density at radius 1 is 0.800 bits per heavy atom. The zero-order valence-corrected chi connectivity index (χ0v) is 41.8. The minimum absolute atomic E-state index is 0.0106. The van der Waals surface area contributed by atoms with Gasteiger partial charge in [-0.25, -0.2) is 4.79 Å². The summed E-state index contributed by atoms with van der Waals surface area (Å²) in [6.45, 7) is 19.8. The maximum Gasteiger partial charge on any atom is 0.410 e. The number of hydrogen-bond acceptors (Lipinski definition) is 9. The van der Waals surface area contributed by atoms with Gasteiger partial charge in [0.1, 0.15) is 17.7 Å². The molecule has 9 atom stereocenters. The molecule has 364 valence electrons. The summed E-state index contributed by atoms with van der Waals surface area (Å²) in [5, 5.41) is 6.20. The van der Waals surface area contributed by atoms with Gasteiger partial charge in [-0.1, -0.05) is 116 Å². The molecule has 14 nitrogen and oxygen atoms in total. The van der Waals surface area contributed by atoms with Crippen molar-refractivity contribution >= 4 is 29.7 Å². The third-order valence-electron chi connectivity index (χ3n) is 12.6. The van der Waals surface area contributed by atoms with E-state index >= 15 is 0 Å². The fraction of sp³-hybridized carbons (Fsp3) is 0.667. The Bertz CT molecular complexity index is 1790. The first kappa shape index (κ1) is 54.8. The monoisotopic (exact) mass is 908 g/mol. The zero-order chi connectivity index (χ0) is 48.6. The molecule has 0 bridgehead atoms. The molecule has 1 aliphatic rings. The molecule has 1 aliphatic heterocycles. The van der Waals surface area contributed by atoms with Crippen molar-refractivity contribution in [2.45, 2.75) is 156 Å². The summed E-state index contributed by atoms with van der Waals surface area (Å²) in [7, 11) is 6.36. The number of likely N-dealkylation sites (N-methyl/N-ethyl adjacent to an activating group) is 2. The molecule has 0 spiro atoms. The van der Waals surface area contributed by atoms with Crippen LogP contribution in [-0.4, -0.2) is 134 Å². The highest BCUT2D eigenvalue weighted by Gasteiger charge is 2.44. The highest BCUT2D eigenvalue weighted by atomic mass is 16.6. The average Bonchev–Trinajstić information content (AvgIpc) is 3.74. The number of carbonyl (C=O) groups is 5. The number of nitrogens with zero attached hydrogens (tertiary/aromatic N) is 3. The highest BCUT2D eigenvalue weighted by Crippen LogP contribution is 2.30. The maximum absolute atomic E-state index is 14.5. The molecule has 14 heteroatoms. The summed E-state index contributed by atoms with van der Waals surface area (Å²) in [6.07, 6.45) is 0.769. The second kappa shape index (κ2) is 26.0. The van der Waals surface area contributed by atoms with E-state index in [0.717, 1.165) is 17.5 Å². The lowest BCUT2D eigenvalue weighted by Gasteiger charge is -2.41. The van der Waals surface area contributed by atoms with Gasteiger partial charge < -0.3 is 39.4 Å². The molecular weight excluding hydrogens is 827 g/mol. The molecular formula is C51H81N5O9. The van der Waals surface area contributed by atoms with E-state index in [1.54, 1.807) is 46.9 Å². The summed E-state index contributed by atoms with van der Waals surface area (Å²) in [5.41, 5.74) is 1.37. The van der Waals surface area contributed by atoms with E-state index in [1.165, 1.54) is 11.9 Å². The van der Waals surface area contributed by atoms with Crippen LogP contribution in [0.3, 0.4) is 0 Å². The van der Waals surface area contributed by atoms with Crippen molar-refractivity contribution in [1.82, 2.24) is 25.3 Å². The van der Waals surface area contributed by atoms with Gasteiger partial charge in [0.15, 0.2) is 0 Å². The predicted octanol–water partition coefficient (Wildman–Crippen LogP) is 6.88. The van der Waals surface area contributed by atoms with Crippen LogP contribution >= 0.6 is 0 Å². The fourth-order valence-electron chi connectivity index (χ4n) is 8.93. The van der Waals surface area contributed by atoms with Gasteiger partial charge in [-0.05, 0) is 68.9 Å². The lowest BCUT2D eigenvalue weighted by Crippen LogP contribution is -2.60. The third-order valence-corrected chi connectivity index (χ3v) is 12.6. The summed E-state index contributed by atoms with van der Waals surface area (Å²) in [6, 6.07) is 16.9. The number of rotatable bonds is 24. The molecule has 2 aromatic rings. The van der Waals surface area contributed by atoms with Gasteiger partial charge >= 0.3 is 6.09 Å². The number of ether oxygens (including phenoxy) is 4. The van der Waals surface area contributed by atoms with Crippen molar-refractivity contribution in [3.05, 3.63) is 71.8 Å². The van der Waals surface area contributed by atoms with Crippen LogP contribution in [0, 0.1) is 23.7 Å². The molecule has 2 aromatic carbocycles. The van der Waals surface area contributed by atoms with Crippen LogP contribution < -0.4 is 10.6 Å². The summed E-state index contributed by atoms with van der Waals surface area (Å²) >= 11 is 0. The summed E-state index contributed by atoms with van der Waals surface area (Å²) in [5.74, 6) is -2.40. The van der Waals surface area contributed by atoms with Crippen LogP contribution in [0.2, 0.25) is 0 Å². The van der Waals surface area contributed by atoms with Crippen molar-refractivity contribution in [1.29, 1.82) is 0 Å². The first-order valence-corrected chi connectivity index (χ1v) is 23.5. The van der Waals surface area contributed by atoms with Gasteiger partial charge in [0.05, 0.1) is 55.9 Å². The molecule has 65 heavy (non-hydrogen) atoms. The Morgan fingerprint density at radius 3 is 1.92 bits per heavy atom.